The van der Waals surface area contributed by atoms with Crippen LogP contribution in [0.4, 0.5) is 4.79 Å². The fourth-order valence-electron chi connectivity index (χ4n) is 2.80. The van der Waals surface area contributed by atoms with Gasteiger partial charge in [0.05, 0.1) is 13.1 Å². The minimum absolute atomic E-state index is 0.0774. The van der Waals surface area contributed by atoms with E-state index >= 15 is 0 Å². The normalized spacial score (nSPS) is 17.8. The number of aromatic nitrogens is 1. The Balaban J connectivity index is 1.98. The van der Waals surface area contributed by atoms with E-state index in [2.05, 4.69) is 11.9 Å². The molecular weight excluding hydrogens is 304 g/mol. The van der Waals surface area contributed by atoms with Crippen LogP contribution in [0.15, 0.2) is 30.5 Å². The van der Waals surface area contributed by atoms with Gasteiger partial charge in [0.1, 0.15) is 17.4 Å². The molecule has 1 unspecified atom stereocenters. The Kier molecular flexibility index (Phi) is 4.35. The molecule has 0 saturated carbocycles. The summed E-state index contributed by atoms with van der Waals surface area (Å²) in [5.41, 5.74) is 0.251. The zero-order valence-corrected chi connectivity index (χ0v) is 14.7. The summed E-state index contributed by atoms with van der Waals surface area (Å²) in [5, 5.41) is 2.07. The van der Waals surface area contributed by atoms with E-state index in [1.54, 1.807) is 4.90 Å². The van der Waals surface area contributed by atoms with E-state index in [-0.39, 0.29) is 12.2 Å². The number of carbonyl (C=O) groups is 1. The third kappa shape index (κ3) is 3.45. The zero-order chi connectivity index (χ0) is 17.3. The molecule has 1 aromatic carbocycles. The van der Waals surface area contributed by atoms with E-state index in [9.17, 15) is 4.79 Å². The standard InChI is InChI=1S/C19H24N2O3/c1-5-14-11-21(18(22)24-19(2,3)4)12-16-17(23-14)15-9-7-6-8-13(15)10-20-16/h6-10,14H,5,11-12H2,1-4H3. The smallest absolute Gasteiger partial charge is 0.410 e. The van der Waals surface area contributed by atoms with E-state index in [0.717, 1.165) is 28.6 Å². The lowest BCUT2D eigenvalue weighted by atomic mass is 10.1. The fourth-order valence-corrected chi connectivity index (χ4v) is 2.80. The van der Waals surface area contributed by atoms with Gasteiger partial charge < -0.3 is 9.47 Å². The Morgan fingerprint density at radius 1 is 1.38 bits per heavy atom. The third-order valence-electron chi connectivity index (χ3n) is 3.98. The second kappa shape index (κ2) is 6.30. The van der Waals surface area contributed by atoms with E-state index < -0.39 is 5.60 Å². The highest BCUT2D eigenvalue weighted by Gasteiger charge is 2.30. The van der Waals surface area contributed by atoms with Crippen molar-refractivity contribution in [2.24, 2.45) is 0 Å². The number of benzene rings is 1. The van der Waals surface area contributed by atoms with E-state index in [4.69, 9.17) is 9.47 Å². The molecule has 0 aliphatic carbocycles. The first-order chi connectivity index (χ1) is 11.4. The van der Waals surface area contributed by atoms with Crippen molar-refractivity contribution >= 4 is 16.9 Å². The molecule has 2 heterocycles. The second-order valence-electron chi connectivity index (χ2n) is 7.13. The Hall–Kier alpha value is -2.30. The van der Waals surface area contributed by atoms with Crippen molar-refractivity contribution in [3.8, 4) is 5.75 Å². The zero-order valence-electron chi connectivity index (χ0n) is 14.7. The van der Waals surface area contributed by atoms with Crippen LogP contribution in [0.25, 0.3) is 10.8 Å². The summed E-state index contributed by atoms with van der Waals surface area (Å²) in [7, 11) is 0. The molecule has 1 aliphatic rings. The third-order valence-corrected chi connectivity index (χ3v) is 3.98. The summed E-state index contributed by atoms with van der Waals surface area (Å²) in [4.78, 5) is 18.7. The number of hydrogen-bond donors (Lipinski definition) is 0. The van der Waals surface area contributed by atoms with Crippen LogP contribution in [0.2, 0.25) is 0 Å². The van der Waals surface area contributed by atoms with Gasteiger partial charge in [-0.3, -0.25) is 9.88 Å². The first-order valence-electron chi connectivity index (χ1n) is 8.38. The summed E-state index contributed by atoms with van der Waals surface area (Å²) >= 11 is 0. The van der Waals surface area contributed by atoms with Crippen LogP contribution in [0, 0.1) is 0 Å². The molecule has 24 heavy (non-hydrogen) atoms. The molecule has 5 nitrogen and oxygen atoms in total. The molecule has 5 heteroatoms. The monoisotopic (exact) mass is 328 g/mol. The topological polar surface area (TPSA) is 51.7 Å². The summed E-state index contributed by atoms with van der Waals surface area (Å²) in [6.45, 7) is 8.56. The molecule has 1 amide bonds. The highest BCUT2D eigenvalue weighted by molar-refractivity contribution is 5.88. The van der Waals surface area contributed by atoms with Crippen molar-refractivity contribution in [2.45, 2.75) is 52.4 Å². The minimum atomic E-state index is -0.522. The van der Waals surface area contributed by atoms with Gasteiger partial charge in [-0.25, -0.2) is 4.79 Å². The Morgan fingerprint density at radius 3 is 2.83 bits per heavy atom. The summed E-state index contributed by atoms with van der Waals surface area (Å²) < 4.78 is 11.7. The maximum absolute atomic E-state index is 12.5. The number of hydrogen-bond acceptors (Lipinski definition) is 4. The molecule has 0 N–H and O–H groups in total. The highest BCUT2D eigenvalue weighted by Crippen LogP contribution is 2.32. The van der Waals surface area contributed by atoms with E-state index in [1.807, 2.05) is 51.2 Å². The van der Waals surface area contributed by atoms with Gasteiger partial charge in [0.2, 0.25) is 0 Å². The number of pyridine rings is 1. The minimum Gasteiger partial charge on any atom is -0.486 e. The van der Waals surface area contributed by atoms with Crippen LogP contribution in [-0.2, 0) is 11.3 Å². The first-order valence-corrected chi connectivity index (χ1v) is 8.38. The molecule has 0 saturated heterocycles. The van der Waals surface area contributed by atoms with Crippen molar-refractivity contribution in [3.63, 3.8) is 0 Å². The molecular formula is C19H24N2O3. The SMILES string of the molecule is CCC1CN(C(=O)OC(C)(C)C)Cc2ncc3ccccc3c2O1. The highest BCUT2D eigenvalue weighted by atomic mass is 16.6. The lowest BCUT2D eigenvalue weighted by Gasteiger charge is -2.27. The van der Waals surface area contributed by atoms with Gasteiger partial charge in [0, 0.05) is 17.0 Å². The van der Waals surface area contributed by atoms with Crippen LogP contribution in [-0.4, -0.2) is 34.2 Å². The second-order valence-corrected chi connectivity index (χ2v) is 7.13. The summed E-state index contributed by atoms with van der Waals surface area (Å²) in [6, 6.07) is 8.02. The van der Waals surface area contributed by atoms with Gasteiger partial charge in [-0.2, -0.15) is 0 Å². The molecule has 0 radical (unpaired) electrons. The van der Waals surface area contributed by atoms with Gasteiger partial charge in [-0.05, 0) is 27.2 Å². The molecule has 0 fully saturated rings. The van der Waals surface area contributed by atoms with Gasteiger partial charge >= 0.3 is 6.09 Å². The first kappa shape index (κ1) is 16.6. The van der Waals surface area contributed by atoms with E-state index in [1.165, 1.54) is 0 Å². The van der Waals surface area contributed by atoms with E-state index in [0.29, 0.717) is 13.1 Å². The lowest BCUT2D eigenvalue weighted by Crippen LogP contribution is -2.40. The quantitative estimate of drug-likeness (QED) is 0.789. The van der Waals surface area contributed by atoms with Crippen molar-refractivity contribution in [2.75, 3.05) is 6.54 Å². The molecule has 0 spiro atoms. The average molecular weight is 328 g/mol. The van der Waals surface area contributed by atoms with Crippen LogP contribution < -0.4 is 4.74 Å². The van der Waals surface area contributed by atoms with Crippen LogP contribution >= 0.6 is 0 Å². The fraction of sp³-hybridized carbons (Fsp3) is 0.474. The maximum atomic E-state index is 12.5. The predicted octanol–water partition coefficient (Wildman–Crippen LogP) is 4.14. The molecule has 3 rings (SSSR count). The average Bonchev–Trinajstić information content (AvgIpc) is 2.72. The molecule has 1 atom stereocenters. The Labute approximate surface area is 142 Å². The summed E-state index contributed by atoms with van der Waals surface area (Å²) in [6.07, 6.45) is 2.23. The number of fused-ring (bicyclic) bond motifs is 3. The van der Waals surface area contributed by atoms with Crippen molar-refractivity contribution in [3.05, 3.63) is 36.2 Å². The van der Waals surface area contributed by atoms with Crippen LogP contribution in [0.3, 0.4) is 0 Å². The lowest BCUT2D eigenvalue weighted by molar-refractivity contribution is 0.0176. The molecule has 2 aromatic rings. The number of ether oxygens (including phenoxy) is 2. The largest absolute Gasteiger partial charge is 0.486 e. The van der Waals surface area contributed by atoms with Gasteiger partial charge in [-0.1, -0.05) is 31.2 Å². The van der Waals surface area contributed by atoms with Gasteiger partial charge in [0.25, 0.3) is 0 Å². The van der Waals surface area contributed by atoms with Crippen LogP contribution in [0.5, 0.6) is 5.75 Å². The number of carbonyl (C=O) groups excluding carboxylic acids is 1. The van der Waals surface area contributed by atoms with Crippen LogP contribution in [0.1, 0.15) is 39.8 Å². The van der Waals surface area contributed by atoms with Gasteiger partial charge in [-0.15, -0.1) is 0 Å². The number of rotatable bonds is 1. The van der Waals surface area contributed by atoms with Crippen molar-refractivity contribution < 1.29 is 14.3 Å². The molecule has 128 valence electrons. The summed E-state index contributed by atoms with van der Waals surface area (Å²) in [5.74, 6) is 0.783. The Morgan fingerprint density at radius 2 is 2.12 bits per heavy atom. The molecule has 1 aromatic heterocycles. The van der Waals surface area contributed by atoms with Gasteiger partial charge in [0.15, 0.2) is 5.75 Å². The predicted molar refractivity (Wildman–Crippen MR) is 93.1 cm³/mol. The van der Waals surface area contributed by atoms with Crippen molar-refractivity contribution in [1.29, 1.82) is 0 Å². The number of amides is 1. The number of nitrogens with zero attached hydrogens (tertiary/aromatic N) is 2. The Bertz CT molecular complexity index is 752. The molecule has 0 bridgehead atoms. The molecule has 1 aliphatic heterocycles. The van der Waals surface area contributed by atoms with Crippen molar-refractivity contribution in [1.82, 2.24) is 9.88 Å². The maximum Gasteiger partial charge on any atom is 0.410 e.